The van der Waals surface area contributed by atoms with Gasteiger partial charge in [-0.3, -0.25) is 14.9 Å². The minimum absolute atomic E-state index is 0.100. The van der Waals surface area contributed by atoms with Crippen LogP contribution in [0, 0.1) is 6.92 Å². The van der Waals surface area contributed by atoms with Crippen LogP contribution in [-0.4, -0.2) is 22.5 Å². The summed E-state index contributed by atoms with van der Waals surface area (Å²) in [5.74, 6) is -0.377. The van der Waals surface area contributed by atoms with Gasteiger partial charge in [0.05, 0.1) is 11.4 Å². The minimum atomic E-state index is -0.277. The Hall–Kier alpha value is -2.54. The highest BCUT2D eigenvalue weighted by atomic mass is 32.1. The second-order valence-corrected chi connectivity index (χ2v) is 7.72. The van der Waals surface area contributed by atoms with Gasteiger partial charge in [-0.05, 0) is 50.3 Å². The zero-order valence-electron chi connectivity index (χ0n) is 14.6. The molecule has 1 aromatic heterocycles. The zero-order chi connectivity index (χ0) is 18.1. The van der Waals surface area contributed by atoms with Crippen molar-refractivity contribution in [2.75, 3.05) is 10.3 Å². The number of rotatable bonds is 3. The molecule has 1 aliphatic heterocycles. The number of hydrogen-bond acceptors (Lipinski definition) is 5. The van der Waals surface area contributed by atoms with E-state index in [0.717, 1.165) is 30.5 Å². The fraction of sp³-hybridized carbons (Fsp3) is 0.368. The minimum Gasteiger partial charge on any atom is -0.297 e. The first-order chi connectivity index (χ1) is 12.6. The van der Waals surface area contributed by atoms with E-state index in [4.69, 9.17) is 0 Å². The molecule has 0 fully saturated rings. The summed E-state index contributed by atoms with van der Waals surface area (Å²) in [4.78, 5) is 30.7. The Kier molecular flexibility index (Phi) is 4.55. The molecule has 0 atom stereocenters. The SMILES string of the molecule is Cc1cccc(N2N=C(C(=O)Nc3nc4c(s3)CCCC4)CCC2=O)c1. The highest BCUT2D eigenvalue weighted by Gasteiger charge is 2.26. The Morgan fingerprint density at radius 1 is 1.19 bits per heavy atom. The van der Waals surface area contributed by atoms with Crippen LogP contribution in [0.15, 0.2) is 29.4 Å². The monoisotopic (exact) mass is 368 g/mol. The molecule has 6 nitrogen and oxygen atoms in total. The Morgan fingerprint density at radius 3 is 2.85 bits per heavy atom. The van der Waals surface area contributed by atoms with Crippen molar-refractivity contribution in [3.63, 3.8) is 0 Å². The molecule has 0 unspecified atom stereocenters. The van der Waals surface area contributed by atoms with Crippen LogP contribution in [-0.2, 0) is 22.4 Å². The van der Waals surface area contributed by atoms with E-state index < -0.39 is 0 Å². The maximum atomic E-state index is 12.6. The number of anilines is 2. The summed E-state index contributed by atoms with van der Waals surface area (Å²) in [5.41, 5.74) is 3.19. The van der Waals surface area contributed by atoms with Crippen molar-refractivity contribution in [2.24, 2.45) is 5.10 Å². The summed E-state index contributed by atoms with van der Waals surface area (Å²) in [5, 5.41) is 9.14. The lowest BCUT2D eigenvalue weighted by atomic mass is 10.0. The maximum absolute atomic E-state index is 12.6. The highest BCUT2D eigenvalue weighted by Crippen LogP contribution is 2.30. The van der Waals surface area contributed by atoms with Gasteiger partial charge < -0.3 is 0 Å². The standard InChI is InChI=1S/C19H20N4O2S/c1-12-5-4-6-13(11-12)23-17(24)10-9-15(22-23)18(25)21-19-20-14-7-2-3-8-16(14)26-19/h4-6,11H,2-3,7-10H2,1H3,(H,20,21,25). The first-order valence-corrected chi connectivity index (χ1v) is 9.69. The predicted molar refractivity (Wildman–Crippen MR) is 103 cm³/mol. The van der Waals surface area contributed by atoms with E-state index in [1.807, 2.05) is 31.2 Å². The van der Waals surface area contributed by atoms with Crippen LogP contribution in [0.5, 0.6) is 0 Å². The summed E-state index contributed by atoms with van der Waals surface area (Å²) < 4.78 is 0. The van der Waals surface area contributed by atoms with Gasteiger partial charge in [-0.2, -0.15) is 5.10 Å². The number of nitrogens with one attached hydrogen (secondary N) is 1. The maximum Gasteiger partial charge on any atom is 0.273 e. The molecule has 1 aliphatic carbocycles. The van der Waals surface area contributed by atoms with Gasteiger partial charge >= 0.3 is 0 Å². The highest BCUT2D eigenvalue weighted by molar-refractivity contribution is 7.16. The van der Waals surface area contributed by atoms with Crippen molar-refractivity contribution < 1.29 is 9.59 Å². The Morgan fingerprint density at radius 2 is 2.04 bits per heavy atom. The van der Waals surface area contributed by atoms with Crippen molar-refractivity contribution >= 4 is 39.7 Å². The second kappa shape index (κ2) is 6.99. The van der Waals surface area contributed by atoms with Gasteiger partial charge in [0.25, 0.3) is 5.91 Å². The largest absolute Gasteiger partial charge is 0.297 e. The van der Waals surface area contributed by atoms with Crippen LogP contribution in [0.4, 0.5) is 10.8 Å². The van der Waals surface area contributed by atoms with Crippen LogP contribution >= 0.6 is 11.3 Å². The van der Waals surface area contributed by atoms with Gasteiger partial charge in [0.2, 0.25) is 5.91 Å². The number of carbonyl (C=O) groups excluding carboxylic acids is 2. The molecule has 0 radical (unpaired) electrons. The summed E-state index contributed by atoms with van der Waals surface area (Å²) in [6.45, 7) is 1.96. The number of fused-ring (bicyclic) bond motifs is 1. The molecule has 2 amide bonds. The van der Waals surface area contributed by atoms with Gasteiger partial charge in [0, 0.05) is 17.7 Å². The summed E-state index contributed by atoms with van der Waals surface area (Å²) in [6, 6.07) is 7.54. The summed E-state index contributed by atoms with van der Waals surface area (Å²) >= 11 is 1.55. The molecule has 0 spiro atoms. The molecule has 4 rings (SSSR count). The number of hydrazone groups is 1. The lowest BCUT2D eigenvalue weighted by Gasteiger charge is -2.23. The number of thiazole rings is 1. The van der Waals surface area contributed by atoms with Crippen molar-refractivity contribution in [3.8, 4) is 0 Å². The van der Waals surface area contributed by atoms with Gasteiger partial charge in [-0.1, -0.05) is 12.1 Å². The van der Waals surface area contributed by atoms with Gasteiger partial charge in [-0.25, -0.2) is 9.99 Å². The third kappa shape index (κ3) is 3.39. The van der Waals surface area contributed by atoms with E-state index in [0.29, 0.717) is 23.0 Å². The third-order valence-electron chi connectivity index (χ3n) is 4.61. The normalized spacial score (nSPS) is 16.9. The van der Waals surface area contributed by atoms with Crippen molar-refractivity contribution in [2.45, 2.75) is 45.4 Å². The molecule has 2 heterocycles. The number of nitrogens with zero attached hydrogens (tertiary/aromatic N) is 3. The smallest absolute Gasteiger partial charge is 0.273 e. The number of aryl methyl sites for hydroxylation is 3. The van der Waals surface area contributed by atoms with Crippen LogP contribution in [0.3, 0.4) is 0 Å². The number of aromatic nitrogens is 1. The zero-order valence-corrected chi connectivity index (χ0v) is 15.4. The van der Waals surface area contributed by atoms with Crippen LogP contribution in [0.1, 0.15) is 41.8 Å². The Labute approximate surface area is 155 Å². The van der Waals surface area contributed by atoms with Gasteiger partial charge in [0.15, 0.2) is 5.13 Å². The Bertz CT molecular complexity index is 879. The van der Waals surface area contributed by atoms with Crippen molar-refractivity contribution in [3.05, 3.63) is 40.4 Å². The molecule has 1 aromatic carbocycles. The number of hydrogen-bond donors (Lipinski definition) is 1. The van der Waals surface area contributed by atoms with E-state index in [9.17, 15) is 9.59 Å². The molecular formula is C19H20N4O2S. The molecule has 7 heteroatoms. The summed E-state index contributed by atoms with van der Waals surface area (Å²) in [6.07, 6.45) is 4.98. The van der Waals surface area contributed by atoms with Gasteiger partial charge in [0.1, 0.15) is 5.71 Å². The molecule has 134 valence electrons. The van der Waals surface area contributed by atoms with Crippen LogP contribution in [0.25, 0.3) is 0 Å². The summed E-state index contributed by atoms with van der Waals surface area (Å²) in [7, 11) is 0. The van der Waals surface area contributed by atoms with Crippen LogP contribution < -0.4 is 10.3 Å². The van der Waals surface area contributed by atoms with E-state index in [1.165, 1.54) is 16.3 Å². The molecule has 2 aliphatic rings. The average Bonchev–Trinajstić information content (AvgIpc) is 3.04. The lowest BCUT2D eigenvalue weighted by Crippen LogP contribution is -2.36. The average molecular weight is 368 g/mol. The fourth-order valence-electron chi connectivity index (χ4n) is 3.25. The van der Waals surface area contributed by atoms with E-state index in [2.05, 4.69) is 15.4 Å². The van der Waals surface area contributed by atoms with E-state index in [-0.39, 0.29) is 18.2 Å². The molecule has 1 N–H and O–H groups in total. The molecule has 0 bridgehead atoms. The molecule has 0 saturated heterocycles. The number of carbonyl (C=O) groups is 2. The lowest BCUT2D eigenvalue weighted by molar-refractivity contribution is -0.118. The second-order valence-electron chi connectivity index (χ2n) is 6.64. The van der Waals surface area contributed by atoms with Crippen molar-refractivity contribution in [1.29, 1.82) is 0 Å². The predicted octanol–water partition coefficient (Wildman–Crippen LogP) is 3.45. The van der Waals surface area contributed by atoms with E-state index in [1.54, 1.807) is 11.3 Å². The van der Waals surface area contributed by atoms with E-state index >= 15 is 0 Å². The topological polar surface area (TPSA) is 74.7 Å². The fourth-order valence-corrected chi connectivity index (χ4v) is 4.30. The van der Waals surface area contributed by atoms with Gasteiger partial charge in [-0.15, -0.1) is 11.3 Å². The third-order valence-corrected chi connectivity index (χ3v) is 5.68. The molecule has 0 saturated carbocycles. The Balaban J connectivity index is 1.54. The number of amides is 2. The van der Waals surface area contributed by atoms with Crippen LogP contribution in [0.2, 0.25) is 0 Å². The molecule has 2 aromatic rings. The van der Waals surface area contributed by atoms with Crippen molar-refractivity contribution in [1.82, 2.24) is 4.98 Å². The molecule has 26 heavy (non-hydrogen) atoms. The quantitative estimate of drug-likeness (QED) is 0.902. The molecular weight excluding hydrogens is 348 g/mol. The first-order valence-electron chi connectivity index (χ1n) is 8.87. The number of benzene rings is 1. The first kappa shape index (κ1) is 16.9.